The van der Waals surface area contributed by atoms with Crippen molar-refractivity contribution in [3.05, 3.63) is 23.4 Å². The molecule has 1 atom stereocenters. The van der Waals surface area contributed by atoms with Crippen molar-refractivity contribution in [3.63, 3.8) is 0 Å². The quantitative estimate of drug-likeness (QED) is 0.867. The van der Waals surface area contributed by atoms with E-state index in [1.807, 2.05) is 0 Å². The molecule has 4 nitrogen and oxygen atoms in total. The summed E-state index contributed by atoms with van der Waals surface area (Å²) in [4.78, 5) is 7.07. The Bertz CT molecular complexity index is 420. The number of anilines is 1. The molecule has 0 bridgehead atoms. The molecule has 112 valence electrons. The van der Waals surface area contributed by atoms with Crippen molar-refractivity contribution >= 4 is 5.82 Å². The lowest BCUT2D eigenvalue weighted by atomic mass is 10.1. The molecule has 0 saturated carbocycles. The Labute approximate surface area is 122 Å². The van der Waals surface area contributed by atoms with Crippen molar-refractivity contribution in [2.75, 3.05) is 31.1 Å². The summed E-state index contributed by atoms with van der Waals surface area (Å²) in [6, 6.07) is 4.38. The first-order valence-corrected chi connectivity index (χ1v) is 7.77. The van der Waals surface area contributed by atoms with E-state index >= 15 is 0 Å². The Morgan fingerprint density at radius 1 is 1.40 bits per heavy atom. The van der Waals surface area contributed by atoms with Crippen LogP contribution in [-0.4, -0.2) is 37.3 Å². The van der Waals surface area contributed by atoms with Gasteiger partial charge in [-0.3, -0.25) is 0 Å². The van der Waals surface area contributed by atoms with Crippen molar-refractivity contribution in [2.45, 2.75) is 46.3 Å². The standard InChI is InChI=1S/C16H27N3O/c1-4-17-11-14-9-13(3)18-16(10-14)19-8-6-7-15(12-19)20-5-2/h9-10,15,17H,4-8,11-12H2,1-3H3. The zero-order valence-electron chi connectivity index (χ0n) is 13.0. The van der Waals surface area contributed by atoms with Gasteiger partial charge in [-0.1, -0.05) is 6.92 Å². The first kappa shape index (κ1) is 15.3. The van der Waals surface area contributed by atoms with E-state index in [-0.39, 0.29) is 0 Å². The summed E-state index contributed by atoms with van der Waals surface area (Å²) >= 11 is 0. The molecule has 1 aromatic rings. The first-order chi connectivity index (χ1) is 9.72. The molecule has 0 aromatic carbocycles. The summed E-state index contributed by atoms with van der Waals surface area (Å²) in [5.41, 5.74) is 2.40. The van der Waals surface area contributed by atoms with E-state index in [9.17, 15) is 0 Å². The summed E-state index contributed by atoms with van der Waals surface area (Å²) in [5, 5.41) is 3.38. The highest BCUT2D eigenvalue weighted by molar-refractivity contribution is 5.43. The van der Waals surface area contributed by atoms with Gasteiger partial charge in [-0.25, -0.2) is 4.98 Å². The highest BCUT2D eigenvalue weighted by atomic mass is 16.5. The number of nitrogens with one attached hydrogen (secondary N) is 1. The third-order valence-corrected chi connectivity index (χ3v) is 3.68. The van der Waals surface area contributed by atoms with Crippen LogP contribution in [0.25, 0.3) is 0 Å². The second kappa shape index (κ2) is 7.60. The zero-order chi connectivity index (χ0) is 14.4. The SMILES string of the molecule is CCNCc1cc(C)nc(N2CCCC(OCC)C2)c1. The number of aryl methyl sites for hydroxylation is 1. The van der Waals surface area contributed by atoms with Crippen LogP contribution in [0.3, 0.4) is 0 Å². The molecular weight excluding hydrogens is 250 g/mol. The molecule has 1 aromatic heterocycles. The maximum Gasteiger partial charge on any atom is 0.129 e. The third kappa shape index (κ3) is 4.18. The Hall–Kier alpha value is -1.13. The second-order valence-electron chi connectivity index (χ2n) is 5.42. The molecule has 2 heterocycles. The Morgan fingerprint density at radius 3 is 3.00 bits per heavy atom. The van der Waals surface area contributed by atoms with Crippen molar-refractivity contribution in [1.82, 2.24) is 10.3 Å². The lowest BCUT2D eigenvalue weighted by Crippen LogP contribution is -2.40. The number of rotatable bonds is 6. The molecule has 1 aliphatic heterocycles. The summed E-state index contributed by atoms with van der Waals surface area (Å²) in [5.74, 6) is 1.10. The topological polar surface area (TPSA) is 37.4 Å². The Balaban J connectivity index is 2.08. The number of aromatic nitrogens is 1. The van der Waals surface area contributed by atoms with Crippen LogP contribution in [0.5, 0.6) is 0 Å². The van der Waals surface area contributed by atoms with Gasteiger partial charge in [-0.15, -0.1) is 0 Å². The first-order valence-electron chi connectivity index (χ1n) is 7.77. The number of hydrogen-bond acceptors (Lipinski definition) is 4. The minimum Gasteiger partial charge on any atom is -0.377 e. The van der Waals surface area contributed by atoms with E-state index in [1.165, 1.54) is 18.4 Å². The Kier molecular flexibility index (Phi) is 5.80. The average molecular weight is 277 g/mol. The van der Waals surface area contributed by atoms with Crippen molar-refractivity contribution in [3.8, 4) is 0 Å². The molecule has 1 aliphatic rings. The maximum atomic E-state index is 5.78. The van der Waals surface area contributed by atoms with Crippen LogP contribution in [-0.2, 0) is 11.3 Å². The predicted octanol–water partition coefficient (Wildman–Crippen LogP) is 2.50. The van der Waals surface area contributed by atoms with Crippen molar-refractivity contribution in [1.29, 1.82) is 0 Å². The summed E-state index contributed by atoms with van der Waals surface area (Å²) in [6.07, 6.45) is 2.71. The molecule has 0 aliphatic carbocycles. The Morgan fingerprint density at radius 2 is 2.25 bits per heavy atom. The maximum absolute atomic E-state index is 5.78. The monoisotopic (exact) mass is 277 g/mol. The van der Waals surface area contributed by atoms with Crippen molar-refractivity contribution in [2.24, 2.45) is 0 Å². The highest BCUT2D eigenvalue weighted by Gasteiger charge is 2.21. The van der Waals surface area contributed by atoms with Crippen LogP contribution in [0.2, 0.25) is 0 Å². The molecule has 0 amide bonds. The van der Waals surface area contributed by atoms with Crippen LogP contribution in [0.4, 0.5) is 5.82 Å². The second-order valence-corrected chi connectivity index (χ2v) is 5.42. The van der Waals surface area contributed by atoms with Gasteiger partial charge in [-0.2, -0.15) is 0 Å². The third-order valence-electron chi connectivity index (χ3n) is 3.68. The smallest absolute Gasteiger partial charge is 0.129 e. The highest BCUT2D eigenvalue weighted by Crippen LogP contribution is 2.21. The van der Waals surface area contributed by atoms with Gasteiger partial charge < -0.3 is 15.0 Å². The number of hydrogen-bond donors (Lipinski definition) is 1. The summed E-state index contributed by atoms with van der Waals surface area (Å²) in [6.45, 7) is 11.0. The lowest BCUT2D eigenvalue weighted by molar-refractivity contribution is 0.0525. The van der Waals surface area contributed by atoms with Gasteiger partial charge >= 0.3 is 0 Å². The molecule has 4 heteroatoms. The van der Waals surface area contributed by atoms with Gasteiger partial charge in [-0.05, 0) is 50.9 Å². The number of ether oxygens (including phenoxy) is 1. The lowest BCUT2D eigenvalue weighted by Gasteiger charge is -2.33. The van der Waals surface area contributed by atoms with Gasteiger partial charge in [0.15, 0.2) is 0 Å². The fraction of sp³-hybridized carbons (Fsp3) is 0.688. The number of nitrogens with zero attached hydrogens (tertiary/aromatic N) is 2. The van der Waals surface area contributed by atoms with Crippen LogP contribution in [0, 0.1) is 6.92 Å². The van der Waals surface area contributed by atoms with Crippen LogP contribution < -0.4 is 10.2 Å². The largest absolute Gasteiger partial charge is 0.377 e. The van der Waals surface area contributed by atoms with Crippen LogP contribution in [0.1, 0.15) is 37.9 Å². The molecule has 1 N–H and O–H groups in total. The van der Waals surface area contributed by atoms with Crippen molar-refractivity contribution < 1.29 is 4.74 Å². The number of pyridine rings is 1. The molecule has 1 unspecified atom stereocenters. The van der Waals surface area contributed by atoms with E-state index in [1.54, 1.807) is 0 Å². The molecule has 1 saturated heterocycles. The van der Waals surface area contributed by atoms with E-state index in [4.69, 9.17) is 9.72 Å². The normalized spacial score (nSPS) is 19.4. The molecule has 0 spiro atoms. The van der Waals surface area contributed by atoms with E-state index < -0.39 is 0 Å². The minimum absolute atomic E-state index is 0.355. The van der Waals surface area contributed by atoms with Gasteiger partial charge in [0.2, 0.25) is 0 Å². The van der Waals surface area contributed by atoms with Gasteiger partial charge in [0, 0.05) is 31.9 Å². The van der Waals surface area contributed by atoms with E-state index in [0.29, 0.717) is 6.10 Å². The van der Waals surface area contributed by atoms with E-state index in [2.05, 4.69) is 43.1 Å². The zero-order valence-corrected chi connectivity index (χ0v) is 13.0. The number of piperidine rings is 1. The minimum atomic E-state index is 0.355. The predicted molar refractivity (Wildman–Crippen MR) is 83.2 cm³/mol. The summed E-state index contributed by atoms with van der Waals surface area (Å²) < 4.78 is 5.78. The van der Waals surface area contributed by atoms with Crippen LogP contribution in [0.15, 0.2) is 12.1 Å². The average Bonchev–Trinajstić information content (AvgIpc) is 2.45. The molecule has 20 heavy (non-hydrogen) atoms. The molecular formula is C16H27N3O. The fourth-order valence-electron chi connectivity index (χ4n) is 2.77. The van der Waals surface area contributed by atoms with Gasteiger partial charge in [0.05, 0.1) is 6.10 Å². The van der Waals surface area contributed by atoms with Gasteiger partial charge in [0.1, 0.15) is 5.82 Å². The molecule has 2 rings (SSSR count). The molecule has 1 fully saturated rings. The summed E-state index contributed by atoms with van der Waals surface area (Å²) in [7, 11) is 0. The van der Waals surface area contributed by atoms with E-state index in [0.717, 1.165) is 44.3 Å². The van der Waals surface area contributed by atoms with Gasteiger partial charge in [0.25, 0.3) is 0 Å². The fourth-order valence-corrected chi connectivity index (χ4v) is 2.77. The molecule has 0 radical (unpaired) electrons. The van der Waals surface area contributed by atoms with Crippen LogP contribution >= 0.6 is 0 Å².